The highest BCUT2D eigenvalue weighted by Gasteiger charge is 2.28. The third-order valence-electron chi connectivity index (χ3n) is 4.60. The number of aryl methyl sites for hydroxylation is 1. The highest BCUT2D eigenvalue weighted by atomic mass is 19.1. The Bertz CT molecular complexity index is 808. The van der Waals surface area contributed by atoms with Crippen LogP contribution >= 0.6 is 0 Å². The molecule has 0 spiro atoms. The van der Waals surface area contributed by atoms with Gasteiger partial charge in [-0.25, -0.2) is 4.39 Å². The maximum atomic E-state index is 13.8. The van der Waals surface area contributed by atoms with Gasteiger partial charge in [-0.2, -0.15) is 0 Å². The van der Waals surface area contributed by atoms with Gasteiger partial charge in [-0.05, 0) is 37.5 Å². The molecule has 2 aromatic carbocycles. The Labute approximate surface area is 171 Å². The first kappa shape index (κ1) is 22.4. The largest absolute Gasteiger partial charge is 0.481 e. The van der Waals surface area contributed by atoms with Crippen LogP contribution < -0.4 is 10.1 Å². The number of para-hydroxylation sites is 1. The molecule has 0 radical (unpaired) electrons. The fourth-order valence-corrected chi connectivity index (χ4v) is 2.96. The van der Waals surface area contributed by atoms with Crippen LogP contribution in [0.4, 0.5) is 4.39 Å². The SMILES string of the molecule is CCCNC(=O)[C@H](CC)N(Cc1ccc(C)cc1)C(=O)COc1ccccc1F. The number of ether oxygens (including phenoxy) is 1. The van der Waals surface area contributed by atoms with Gasteiger partial charge in [0.15, 0.2) is 18.2 Å². The molecule has 5 nitrogen and oxygen atoms in total. The Morgan fingerprint density at radius 1 is 1.10 bits per heavy atom. The van der Waals surface area contributed by atoms with Crippen LogP contribution in [0.1, 0.15) is 37.8 Å². The van der Waals surface area contributed by atoms with E-state index >= 15 is 0 Å². The van der Waals surface area contributed by atoms with Gasteiger partial charge in [0, 0.05) is 13.1 Å². The number of carbonyl (C=O) groups is 2. The maximum absolute atomic E-state index is 13.8. The molecule has 0 heterocycles. The van der Waals surface area contributed by atoms with Gasteiger partial charge in [-0.15, -0.1) is 0 Å². The zero-order valence-corrected chi connectivity index (χ0v) is 17.3. The van der Waals surface area contributed by atoms with Gasteiger partial charge in [0.1, 0.15) is 6.04 Å². The lowest BCUT2D eigenvalue weighted by Gasteiger charge is -2.30. The summed E-state index contributed by atoms with van der Waals surface area (Å²) in [6.07, 6.45) is 1.28. The average Bonchev–Trinajstić information content (AvgIpc) is 2.72. The van der Waals surface area contributed by atoms with E-state index in [9.17, 15) is 14.0 Å². The van der Waals surface area contributed by atoms with Crippen molar-refractivity contribution >= 4 is 11.8 Å². The van der Waals surface area contributed by atoms with E-state index in [2.05, 4.69) is 5.32 Å². The standard InChI is InChI=1S/C23H29FN2O3/c1-4-14-25-23(28)20(5-2)26(15-18-12-10-17(3)11-13-18)22(27)16-29-21-9-7-6-8-19(21)24/h6-13,20H,4-5,14-16H2,1-3H3,(H,25,28)/t20-/m0/s1. The van der Waals surface area contributed by atoms with Gasteiger partial charge in [0.25, 0.3) is 5.91 Å². The molecule has 2 aromatic rings. The molecule has 0 bridgehead atoms. The summed E-state index contributed by atoms with van der Waals surface area (Å²) < 4.78 is 19.2. The summed E-state index contributed by atoms with van der Waals surface area (Å²) in [6.45, 7) is 6.31. The van der Waals surface area contributed by atoms with Crippen LogP contribution in [0.2, 0.25) is 0 Å². The van der Waals surface area contributed by atoms with Gasteiger partial charge >= 0.3 is 0 Å². The predicted octanol–water partition coefficient (Wildman–Crippen LogP) is 3.85. The van der Waals surface area contributed by atoms with Crippen molar-refractivity contribution in [1.29, 1.82) is 0 Å². The van der Waals surface area contributed by atoms with Gasteiger partial charge in [0.2, 0.25) is 5.91 Å². The minimum Gasteiger partial charge on any atom is -0.481 e. The zero-order valence-electron chi connectivity index (χ0n) is 17.3. The number of hydrogen-bond donors (Lipinski definition) is 1. The number of benzene rings is 2. The van der Waals surface area contributed by atoms with Gasteiger partial charge < -0.3 is 15.0 Å². The van der Waals surface area contributed by atoms with Crippen LogP contribution in [0.3, 0.4) is 0 Å². The Morgan fingerprint density at radius 3 is 2.41 bits per heavy atom. The normalized spacial score (nSPS) is 11.6. The first-order chi connectivity index (χ1) is 14.0. The molecule has 0 aliphatic rings. The van der Waals surface area contributed by atoms with Crippen LogP contribution in [0, 0.1) is 12.7 Å². The summed E-state index contributed by atoms with van der Waals surface area (Å²) in [6, 6.07) is 13.1. The first-order valence-corrected chi connectivity index (χ1v) is 9.96. The van der Waals surface area contributed by atoms with Gasteiger partial charge in [-0.3, -0.25) is 9.59 Å². The Kier molecular flexibility index (Phi) is 8.65. The molecular formula is C23H29FN2O3. The average molecular weight is 400 g/mol. The first-order valence-electron chi connectivity index (χ1n) is 9.96. The molecule has 0 fully saturated rings. The lowest BCUT2D eigenvalue weighted by Crippen LogP contribution is -2.50. The number of carbonyl (C=O) groups excluding carboxylic acids is 2. The van der Waals surface area contributed by atoms with Crippen LogP contribution in [0.25, 0.3) is 0 Å². The second kappa shape index (κ2) is 11.2. The molecule has 0 aliphatic carbocycles. The monoisotopic (exact) mass is 400 g/mol. The molecule has 2 amide bonds. The second-order valence-corrected chi connectivity index (χ2v) is 6.94. The van der Waals surface area contributed by atoms with Crippen LogP contribution in [-0.2, 0) is 16.1 Å². The molecule has 0 aromatic heterocycles. The molecule has 156 valence electrons. The van der Waals surface area contributed by atoms with E-state index < -0.39 is 11.9 Å². The van der Waals surface area contributed by atoms with Crippen molar-refractivity contribution in [1.82, 2.24) is 10.2 Å². The minimum absolute atomic E-state index is 0.0135. The molecule has 0 aliphatic heterocycles. The number of amides is 2. The van der Waals surface area contributed by atoms with Crippen molar-refractivity contribution in [3.8, 4) is 5.75 Å². The molecule has 29 heavy (non-hydrogen) atoms. The second-order valence-electron chi connectivity index (χ2n) is 6.94. The maximum Gasteiger partial charge on any atom is 0.261 e. The van der Waals surface area contributed by atoms with Crippen LogP contribution in [-0.4, -0.2) is 35.9 Å². The van der Waals surface area contributed by atoms with Gasteiger partial charge in [-0.1, -0.05) is 55.8 Å². The van der Waals surface area contributed by atoms with Crippen molar-refractivity contribution in [3.05, 3.63) is 65.5 Å². The molecule has 0 saturated heterocycles. The van der Waals surface area contributed by atoms with E-state index in [-0.39, 0.29) is 30.7 Å². The lowest BCUT2D eigenvalue weighted by molar-refractivity contribution is -0.143. The Morgan fingerprint density at radius 2 is 1.79 bits per heavy atom. The Balaban J connectivity index is 2.19. The topological polar surface area (TPSA) is 58.6 Å². The summed E-state index contributed by atoms with van der Waals surface area (Å²) in [7, 11) is 0. The molecule has 0 unspecified atom stereocenters. The van der Waals surface area contributed by atoms with Crippen molar-refractivity contribution in [3.63, 3.8) is 0 Å². The minimum atomic E-state index is -0.625. The molecular weight excluding hydrogens is 371 g/mol. The highest BCUT2D eigenvalue weighted by Crippen LogP contribution is 2.17. The molecule has 0 saturated carbocycles. The number of nitrogens with one attached hydrogen (secondary N) is 1. The summed E-state index contributed by atoms with van der Waals surface area (Å²) in [5, 5.41) is 2.86. The van der Waals surface area contributed by atoms with E-state index in [1.165, 1.54) is 17.0 Å². The lowest BCUT2D eigenvalue weighted by atomic mass is 10.1. The van der Waals surface area contributed by atoms with Gasteiger partial charge in [0.05, 0.1) is 0 Å². The van der Waals surface area contributed by atoms with Crippen molar-refractivity contribution in [2.45, 2.75) is 46.2 Å². The number of halogens is 1. The zero-order chi connectivity index (χ0) is 21.2. The number of nitrogens with zero attached hydrogens (tertiary/aromatic N) is 1. The molecule has 6 heteroatoms. The summed E-state index contributed by atoms with van der Waals surface area (Å²) in [5.41, 5.74) is 2.03. The fourth-order valence-electron chi connectivity index (χ4n) is 2.96. The smallest absolute Gasteiger partial charge is 0.261 e. The Hall–Kier alpha value is -2.89. The van der Waals surface area contributed by atoms with E-state index in [0.717, 1.165) is 17.5 Å². The van der Waals surface area contributed by atoms with Crippen LogP contribution in [0.15, 0.2) is 48.5 Å². The quantitative estimate of drug-likeness (QED) is 0.659. The molecule has 2 rings (SSSR count). The summed E-state index contributed by atoms with van der Waals surface area (Å²) in [4.78, 5) is 27.1. The number of rotatable bonds is 10. The number of hydrogen-bond acceptors (Lipinski definition) is 3. The van der Waals surface area contributed by atoms with E-state index in [4.69, 9.17) is 4.74 Å². The van der Waals surface area contributed by atoms with E-state index in [1.807, 2.05) is 45.0 Å². The molecule has 1 atom stereocenters. The third kappa shape index (κ3) is 6.59. The summed E-state index contributed by atoms with van der Waals surface area (Å²) >= 11 is 0. The predicted molar refractivity (Wildman–Crippen MR) is 111 cm³/mol. The van der Waals surface area contributed by atoms with Crippen molar-refractivity contribution < 1.29 is 18.7 Å². The molecule has 1 N–H and O–H groups in total. The summed E-state index contributed by atoms with van der Waals surface area (Å²) in [5.74, 6) is -1.08. The van der Waals surface area contributed by atoms with E-state index in [0.29, 0.717) is 13.0 Å². The van der Waals surface area contributed by atoms with Crippen LogP contribution in [0.5, 0.6) is 5.75 Å². The third-order valence-corrected chi connectivity index (χ3v) is 4.60. The van der Waals surface area contributed by atoms with E-state index in [1.54, 1.807) is 12.1 Å². The fraction of sp³-hybridized carbons (Fsp3) is 0.391. The highest BCUT2D eigenvalue weighted by molar-refractivity contribution is 5.88. The van der Waals surface area contributed by atoms with Crippen molar-refractivity contribution in [2.24, 2.45) is 0 Å². The van der Waals surface area contributed by atoms with Crippen molar-refractivity contribution in [2.75, 3.05) is 13.2 Å².